The zero-order chi connectivity index (χ0) is 11.4. The summed E-state index contributed by atoms with van der Waals surface area (Å²) >= 11 is 0. The van der Waals surface area contributed by atoms with Crippen molar-refractivity contribution in [1.29, 1.82) is 0 Å². The van der Waals surface area contributed by atoms with Gasteiger partial charge in [0.05, 0.1) is 0 Å². The third-order valence-electron chi connectivity index (χ3n) is 2.04. The van der Waals surface area contributed by atoms with Crippen LogP contribution in [0.4, 0.5) is 8.78 Å². The first-order valence-corrected chi connectivity index (χ1v) is 4.43. The summed E-state index contributed by atoms with van der Waals surface area (Å²) in [5.41, 5.74) is 6.01. The molecule has 0 saturated heterocycles. The number of benzene rings is 1. The molecule has 0 aromatic heterocycles. The molecule has 0 spiro atoms. The van der Waals surface area contributed by atoms with Crippen LogP contribution in [0.5, 0.6) is 0 Å². The molecule has 0 aliphatic rings. The topological polar surface area (TPSA) is 63.3 Å². The number of hydrogen-bond donors (Lipinski definition) is 2. The van der Waals surface area contributed by atoms with E-state index in [9.17, 15) is 13.6 Å². The van der Waals surface area contributed by atoms with Gasteiger partial charge in [0.25, 0.3) is 0 Å². The molecule has 1 atom stereocenters. The first-order chi connectivity index (χ1) is 7.00. The van der Waals surface area contributed by atoms with E-state index in [0.717, 1.165) is 12.1 Å². The van der Waals surface area contributed by atoms with Crippen LogP contribution < -0.4 is 5.73 Å². The third kappa shape index (κ3) is 3.28. The van der Waals surface area contributed by atoms with Crippen molar-refractivity contribution in [2.45, 2.75) is 18.9 Å². The van der Waals surface area contributed by atoms with Gasteiger partial charge in [0, 0.05) is 12.5 Å². The molecular formula is C10H11F2NO2. The predicted octanol–water partition coefficient (Wildman–Crippen LogP) is 1.83. The molecule has 0 bridgehead atoms. The summed E-state index contributed by atoms with van der Waals surface area (Å²) in [7, 11) is 0. The van der Waals surface area contributed by atoms with Crippen molar-refractivity contribution in [2.75, 3.05) is 0 Å². The fraction of sp³-hybridized carbons (Fsp3) is 0.300. The third-order valence-corrected chi connectivity index (χ3v) is 2.04. The van der Waals surface area contributed by atoms with Crippen LogP contribution in [0.25, 0.3) is 0 Å². The lowest BCUT2D eigenvalue weighted by Gasteiger charge is -2.10. The molecule has 3 N–H and O–H groups in total. The number of aliphatic carboxylic acids is 1. The predicted molar refractivity (Wildman–Crippen MR) is 50.2 cm³/mol. The Morgan fingerprint density at radius 2 is 2.07 bits per heavy atom. The van der Waals surface area contributed by atoms with Gasteiger partial charge in [0.2, 0.25) is 0 Å². The lowest BCUT2D eigenvalue weighted by atomic mass is 10.0. The average Bonchev–Trinajstić information content (AvgIpc) is 2.18. The molecule has 1 aromatic carbocycles. The largest absolute Gasteiger partial charge is 0.481 e. The summed E-state index contributed by atoms with van der Waals surface area (Å²) < 4.78 is 25.4. The summed E-state index contributed by atoms with van der Waals surface area (Å²) in [5.74, 6) is -2.88. The van der Waals surface area contributed by atoms with Gasteiger partial charge >= 0.3 is 5.97 Å². The SMILES string of the molecule is NC(CCC(=O)O)c1ccc(F)c(F)c1. The number of nitrogens with two attached hydrogens (primary N) is 1. The molecule has 1 unspecified atom stereocenters. The Kier molecular flexibility index (Phi) is 3.74. The molecule has 0 heterocycles. The number of rotatable bonds is 4. The highest BCUT2D eigenvalue weighted by Crippen LogP contribution is 2.18. The van der Waals surface area contributed by atoms with E-state index in [1.165, 1.54) is 6.07 Å². The van der Waals surface area contributed by atoms with E-state index in [1.54, 1.807) is 0 Å². The van der Waals surface area contributed by atoms with Crippen molar-refractivity contribution in [1.82, 2.24) is 0 Å². The van der Waals surface area contributed by atoms with Gasteiger partial charge in [0.1, 0.15) is 0 Å². The number of hydrogen-bond acceptors (Lipinski definition) is 2. The molecule has 0 amide bonds. The highest BCUT2D eigenvalue weighted by molar-refractivity contribution is 5.66. The van der Waals surface area contributed by atoms with E-state index in [2.05, 4.69) is 0 Å². The fourth-order valence-electron chi connectivity index (χ4n) is 1.19. The molecule has 0 aliphatic heterocycles. The molecule has 0 aliphatic carbocycles. The highest BCUT2D eigenvalue weighted by atomic mass is 19.2. The summed E-state index contributed by atoms with van der Waals surface area (Å²) in [6, 6.07) is 2.73. The maximum Gasteiger partial charge on any atom is 0.303 e. The Labute approximate surface area is 85.5 Å². The van der Waals surface area contributed by atoms with Crippen molar-refractivity contribution >= 4 is 5.97 Å². The van der Waals surface area contributed by atoms with Gasteiger partial charge in [-0.05, 0) is 24.1 Å². The van der Waals surface area contributed by atoms with Crippen molar-refractivity contribution in [3.8, 4) is 0 Å². The van der Waals surface area contributed by atoms with Gasteiger partial charge in [-0.2, -0.15) is 0 Å². The van der Waals surface area contributed by atoms with Crippen LogP contribution >= 0.6 is 0 Å². The Morgan fingerprint density at radius 3 is 2.60 bits per heavy atom. The van der Waals surface area contributed by atoms with E-state index in [0.29, 0.717) is 5.56 Å². The van der Waals surface area contributed by atoms with Crippen molar-refractivity contribution < 1.29 is 18.7 Å². The van der Waals surface area contributed by atoms with Crippen LogP contribution in [-0.4, -0.2) is 11.1 Å². The van der Waals surface area contributed by atoms with Crippen molar-refractivity contribution in [2.24, 2.45) is 5.73 Å². The quantitative estimate of drug-likeness (QED) is 0.805. The normalized spacial score (nSPS) is 12.5. The molecule has 0 radical (unpaired) electrons. The molecular weight excluding hydrogens is 204 g/mol. The highest BCUT2D eigenvalue weighted by Gasteiger charge is 2.10. The van der Waals surface area contributed by atoms with Gasteiger partial charge < -0.3 is 10.8 Å². The monoisotopic (exact) mass is 215 g/mol. The lowest BCUT2D eigenvalue weighted by Crippen LogP contribution is -2.12. The van der Waals surface area contributed by atoms with E-state index < -0.39 is 23.6 Å². The molecule has 5 heteroatoms. The molecule has 15 heavy (non-hydrogen) atoms. The van der Waals surface area contributed by atoms with Gasteiger partial charge in [-0.1, -0.05) is 6.07 Å². The maximum atomic E-state index is 12.8. The van der Waals surface area contributed by atoms with E-state index in [4.69, 9.17) is 10.8 Å². The second kappa shape index (κ2) is 4.84. The smallest absolute Gasteiger partial charge is 0.303 e. The summed E-state index contributed by atoms with van der Waals surface area (Å²) in [4.78, 5) is 10.3. The average molecular weight is 215 g/mol. The fourth-order valence-corrected chi connectivity index (χ4v) is 1.19. The minimum Gasteiger partial charge on any atom is -0.481 e. The minimum absolute atomic E-state index is 0.0971. The Balaban J connectivity index is 2.69. The molecule has 0 saturated carbocycles. The van der Waals surface area contributed by atoms with E-state index >= 15 is 0 Å². The zero-order valence-corrected chi connectivity index (χ0v) is 7.91. The van der Waals surface area contributed by atoms with Crippen LogP contribution in [0.2, 0.25) is 0 Å². The molecule has 1 rings (SSSR count). The molecule has 1 aromatic rings. The van der Waals surface area contributed by atoms with Crippen LogP contribution in [-0.2, 0) is 4.79 Å². The summed E-state index contributed by atoms with van der Waals surface area (Å²) in [6.45, 7) is 0. The number of carbonyl (C=O) groups is 1. The van der Waals surface area contributed by atoms with Gasteiger partial charge in [-0.25, -0.2) is 8.78 Å². The molecule has 0 fully saturated rings. The maximum absolute atomic E-state index is 12.8. The zero-order valence-electron chi connectivity index (χ0n) is 7.91. The van der Waals surface area contributed by atoms with Gasteiger partial charge in [0.15, 0.2) is 11.6 Å². The van der Waals surface area contributed by atoms with Crippen LogP contribution in [0.15, 0.2) is 18.2 Å². The first-order valence-electron chi connectivity index (χ1n) is 4.43. The Bertz CT molecular complexity index is 368. The van der Waals surface area contributed by atoms with Crippen LogP contribution in [0, 0.1) is 11.6 Å². The number of halogens is 2. The summed E-state index contributed by atoms with van der Waals surface area (Å²) in [5, 5.41) is 8.42. The number of carboxylic acid groups (broad SMARTS) is 1. The molecule has 3 nitrogen and oxygen atoms in total. The van der Waals surface area contributed by atoms with Crippen LogP contribution in [0.1, 0.15) is 24.4 Å². The van der Waals surface area contributed by atoms with E-state index in [1.807, 2.05) is 0 Å². The Morgan fingerprint density at radius 1 is 1.40 bits per heavy atom. The van der Waals surface area contributed by atoms with Crippen molar-refractivity contribution in [3.63, 3.8) is 0 Å². The first kappa shape index (κ1) is 11.6. The van der Waals surface area contributed by atoms with Crippen LogP contribution in [0.3, 0.4) is 0 Å². The second-order valence-corrected chi connectivity index (χ2v) is 3.21. The number of carboxylic acids is 1. The second-order valence-electron chi connectivity index (χ2n) is 3.21. The van der Waals surface area contributed by atoms with Crippen molar-refractivity contribution in [3.05, 3.63) is 35.4 Å². The van der Waals surface area contributed by atoms with Gasteiger partial charge in [-0.15, -0.1) is 0 Å². The molecule has 82 valence electrons. The Hall–Kier alpha value is -1.49. The minimum atomic E-state index is -0.974. The summed E-state index contributed by atoms with van der Waals surface area (Å²) in [6.07, 6.45) is 0.0978. The standard InChI is InChI=1S/C10H11F2NO2/c11-7-2-1-6(5-8(7)12)9(13)3-4-10(14)15/h1-2,5,9H,3-4,13H2,(H,14,15). The van der Waals surface area contributed by atoms with E-state index in [-0.39, 0.29) is 12.8 Å². The van der Waals surface area contributed by atoms with Gasteiger partial charge in [-0.3, -0.25) is 4.79 Å². The lowest BCUT2D eigenvalue weighted by molar-refractivity contribution is -0.137.